The molecule has 0 aromatic rings. The summed E-state index contributed by atoms with van der Waals surface area (Å²) in [5.74, 6) is 0.0433. The van der Waals surface area contributed by atoms with Gasteiger partial charge in [-0.25, -0.2) is 13.1 Å². The van der Waals surface area contributed by atoms with Gasteiger partial charge in [0.1, 0.15) is 0 Å². The molecule has 0 unspecified atom stereocenters. The lowest BCUT2D eigenvalue weighted by molar-refractivity contribution is 0.216. The molecule has 0 amide bonds. The third-order valence-electron chi connectivity index (χ3n) is 2.18. The first-order chi connectivity index (χ1) is 7.02. The van der Waals surface area contributed by atoms with Gasteiger partial charge in [0.05, 0.1) is 12.4 Å². The predicted molar refractivity (Wildman–Crippen MR) is 62.4 cm³/mol. The molecule has 0 saturated heterocycles. The van der Waals surface area contributed by atoms with Gasteiger partial charge in [-0.05, 0) is 13.3 Å². The topological polar surface area (TPSA) is 55.4 Å². The summed E-state index contributed by atoms with van der Waals surface area (Å²) in [5.41, 5.74) is 0. The third kappa shape index (κ3) is 8.84. The van der Waals surface area contributed by atoms with Crippen molar-refractivity contribution in [2.75, 3.05) is 19.5 Å². The molecule has 92 valence electrons. The first-order valence-electron chi connectivity index (χ1n) is 5.50. The maximum atomic E-state index is 11.4. The zero-order chi connectivity index (χ0) is 11.7. The quantitative estimate of drug-likeness (QED) is 0.619. The first-order valence-corrected chi connectivity index (χ1v) is 7.16. The van der Waals surface area contributed by atoms with Crippen LogP contribution in [-0.2, 0) is 14.8 Å². The van der Waals surface area contributed by atoms with Crippen molar-refractivity contribution in [2.45, 2.75) is 45.6 Å². The third-order valence-corrected chi connectivity index (χ3v) is 3.64. The smallest absolute Gasteiger partial charge is 0.214 e. The van der Waals surface area contributed by atoms with E-state index < -0.39 is 10.0 Å². The maximum Gasteiger partial charge on any atom is 0.214 e. The van der Waals surface area contributed by atoms with Gasteiger partial charge in [-0.2, -0.15) is 0 Å². The van der Waals surface area contributed by atoms with Crippen molar-refractivity contribution in [1.29, 1.82) is 0 Å². The molecule has 0 aliphatic heterocycles. The Labute approximate surface area is 93.4 Å². The number of methoxy groups -OCH3 is 1. The minimum absolute atomic E-state index is 0.0263. The Morgan fingerprint density at radius 1 is 1.33 bits per heavy atom. The molecule has 0 aliphatic carbocycles. The van der Waals surface area contributed by atoms with Gasteiger partial charge >= 0.3 is 0 Å². The van der Waals surface area contributed by atoms with Crippen LogP contribution in [0.2, 0.25) is 0 Å². The number of nitrogens with one attached hydrogen (secondary N) is 1. The first kappa shape index (κ1) is 14.9. The lowest BCUT2D eigenvalue weighted by Gasteiger charge is -2.13. The molecule has 4 nitrogen and oxygen atoms in total. The number of hydrogen-bond donors (Lipinski definition) is 1. The van der Waals surface area contributed by atoms with Crippen molar-refractivity contribution >= 4 is 10.0 Å². The summed E-state index contributed by atoms with van der Waals surface area (Å²) in [5, 5.41) is 0. The second-order valence-corrected chi connectivity index (χ2v) is 5.70. The summed E-state index contributed by atoms with van der Waals surface area (Å²) in [6, 6.07) is 0.0263. The lowest BCUT2D eigenvalue weighted by atomic mass is 10.1. The summed E-state index contributed by atoms with van der Waals surface area (Å²) < 4.78 is 30.3. The van der Waals surface area contributed by atoms with Crippen LogP contribution in [0.4, 0.5) is 0 Å². The fourth-order valence-electron chi connectivity index (χ4n) is 1.32. The fourth-order valence-corrected chi connectivity index (χ4v) is 2.55. The number of hydrogen-bond acceptors (Lipinski definition) is 3. The Morgan fingerprint density at radius 3 is 2.53 bits per heavy atom. The predicted octanol–water partition coefficient (Wildman–Crippen LogP) is 1.52. The van der Waals surface area contributed by atoms with Crippen molar-refractivity contribution in [3.63, 3.8) is 0 Å². The summed E-state index contributed by atoms with van der Waals surface area (Å²) in [6.45, 7) is 4.28. The molecule has 0 spiro atoms. The van der Waals surface area contributed by atoms with Gasteiger partial charge < -0.3 is 4.74 Å². The Hall–Kier alpha value is -0.130. The lowest BCUT2D eigenvalue weighted by Crippen LogP contribution is -2.35. The zero-order valence-electron chi connectivity index (χ0n) is 9.95. The van der Waals surface area contributed by atoms with Crippen LogP contribution in [0, 0.1) is 0 Å². The van der Waals surface area contributed by atoms with E-state index in [1.54, 1.807) is 0 Å². The number of ether oxygens (including phenoxy) is 1. The number of unbranched alkanes of at least 4 members (excludes halogenated alkanes) is 2. The Bertz CT molecular complexity index is 239. The van der Waals surface area contributed by atoms with Gasteiger partial charge in [0, 0.05) is 13.2 Å². The standard InChI is InChI=1S/C10H23NO3S/c1-4-5-6-7-10(2)11-15(12,13)9-8-14-3/h10-11H,4-9H2,1-3H3/t10-/m0/s1. The van der Waals surface area contributed by atoms with Gasteiger partial charge in [-0.15, -0.1) is 0 Å². The second kappa shape index (κ2) is 8.07. The van der Waals surface area contributed by atoms with E-state index in [9.17, 15) is 8.42 Å². The zero-order valence-corrected chi connectivity index (χ0v) is 10.8. The van der Waals surface area contributed by atoms with Gasteiger partial charge in [0.2, 0.25) is 10.0 Å². The van der Waals surface area contributed by atoms with Crippen LogP contribution in [0.1, 0.15) is 39.5 Å². The normalized spacial score (nSPS) is 14.1. The molecule has 0 fully saturated rings. The Balaban J connectivity index is 3.78. The second-order valence-electron chi connectivity index (χ2n) is 3.83. The molecule has 0 radical (unpaired) electrons. The molecular weight excluding hydrogens is 214 g/mol. The van der Waals surface area contributed by atoms with E-state index in [1.807, 2.05) is 6.92 Å². The van der Waals surface area contributed by atoms with Crippen LogP contribution in [0.25, 0.3) is 0 Å². The molecule has 5 heteroatoms. The molecule has 1 atom stereocenters. The maximum absolute atomic E-state index is 11.4. The van der Waals surface area contributed by atoms with Gasteiger partial charge in [0.25, 0.3) is 0 Å². The molecule has 1 N–H and O–H groups in total. The fraction of sp³-hybridized carbons (Fsp3) is 1.00. The van der Waals surface area contributed by atoms with Crippen molar-refractivity contribution in [2.24, 2.45) is 0 Å². The molecule has 0 bridgehead atoms. The number of sulfonamides is 1. The Kier molecular flexibility index (Phi) is 8.00. The van der Waals surface area contributed by atoms with Crippen LogP contribution in [0.3, 0.4) is 0 Å². The van der Waals surface area contributed by atoms with Gasteiger partial charge in [0.15, 0.2) is 0 Å². The number of rotatable bonds is 9. The molecule has 0 aliphatic rings. The molecular formula is C10H23NO3S. The van der Waals surface area contributed by atoms with E-state index in [2.05, 4.69) is 11.6 Å². The van der Waals surface area contributed by atoms with Crippen LogP contribution < -0.4 is 4.72 Å². The minimum atomic E-state index is -3.16. The molecule has 15 heavy (non-hydrogen) atoms. The summed E-state index contributed by atoms with van der Waals surface area (Å²) in [7, 11) is -1.65. The SMILES string of the molecule is CCCCC[C@H](C)NS(=O)(=O)CCOC. The average Bonchev–Trinajstić information content (AvgIpc) is 2.14. The van der Waals surface area contributed by atoms with Crippen molar-refractivity contribution in [3.05, 3.63) is 0 Å². The molecule has 0 heterocycles. The summed E-state index contributed by atoms with van der Waals surface area (Å²) in [4.78, 5) is 0. The van der Waals surface area contributed by atoms with Crippen LogP contribution in [-0.4, -0.2) is 33.9 Å². The molecule has 0 rings (SSSR count). The van der Waals surface area contributed by atoms with E-state index in [4.69, 9.17) is 4.74 Å². The van der Waals surface area contributed by atoms with E-state index in [0.29, 0.717) is 0 Å². The highest BCUT2D eigenvalue weighted by molar-refractivity contribution is 7.89. The van der Waals surface area contributed by atoms with E-state index in [-0.39, 0.29) is 18.4 Å². The van der Waals surface area contributed by atoms with Gasteiger partial charge in [-0.3, -0.25) is 0 Å². The largest absolute Gasteiger partial charge is 0.384 e. The van der Waals surface area contributed by atoms with Gasteiger partial charge in [-0.1, -0.05) is 26.2 Å². The highest BCUT2D eigenvalue weighted by Crippen LogP contribution is 2.03. The van der Waals surface area contributed by atoms with Crippen molar-refractivity contribution in [1.82, 2.24) is 4.72 Å². The highest BCUT2D eigenvalue weighted by atomic mass is 32.2. The summed E-state index contributed by atoms with van der Waals surface area (Å²) in [6.07, 6.45) is 4.29. The minimum Gasteiger partial charge on any atom is -0.384 e. The van der Waals surface area contributed by atoms with E-state index in [1.165, 1.54) is 7.11 Å². The van der Waals surface area contributed by atoms with Crippen LogP contribution >= 0.6 is 0 Å². The van der Waals surface area contributed by atoms with Crippen molar-refractivity contribution < 1.29 is 13.2 Å². The van der Waals surface area contributed by atoms with Crippen molar-refractivity contribution in [3.8, 4) is 0 Å². The molecule has 0 aromatic carbocycles. The molecule has 0 saturated carbocycles. The highest BCUT2D eigenvalue weighted by Gasteiger charge is 2.13. The molecule has 0 aromatic heterocycles. The van der Waals surface area contributed by atoms with Crippen LogP contribution in [0.15, 0.2) is 0 Å². The monoisotopic (exact) mass is 237 g/mol. The van der Waals surface area contributed by atoms with E-state index >= 15 is 0 Å². The van der Waals surface area contributed by atoms with E-state index in [0.717, 1.165) is 25.7 Å². The van der Waals surface area contributed by atoms with Crippen LogP contribution in [0.5, 0.6) is 0 Å². The average molecular weight is 237 g/mol. The Morgan fingerprint density at radius 2 is 2.00 bits per heavy atom. The summed E-state index contributed by atoms with van der Waals surface area (Å²) >= 11 is 0.